The Bertz CT molecular complexity index is 626. The molecule has 2 rings (SSSR count). The molecule has 0 aliphatic carbocycles. The van der Waals surface area contributed by atoms with E-state index in [2.05, 4.69) is 5.32 Å². The van der Waals surface area contributed by atoms with Crippen LogP contribution in [0.25, 0.3) is 6.08 Å². The van der Waals surface area contributed by atoms with E-state index in [-0.39, 0.29) is 10.8 Å². The van der Waals surface area contributed by atoms with Crippen LogP contribution < -0.4 is 5.32 Å². The van der Waals surface area contributed by atoms with Crippen LogP contribution in [0.4, 0.5) is 5.69 Å². The monoisotopic (exact) mass is 293 g/mol. The molecule has 0 saturated carbocycles. The first-order valence-corrected chi connectivity index (χ1v) is 7.18. The Morgan fingerprint density at radius 2 is 2.16 bits per heavy atom. The molecular formula is C13H11NO3S2. The van der Waals surface area contributed by atoms with Crippen molar-refractivity contribution in [2.75, 3.05) is 5.32 Å². The molecule has 19 heavy (non-hydrogen) atoms. The lowest BCUT2D eigenvalue weighted by Gasteiger charge is -2.02. The molecule has 0 spiro atoms. The summed E-state index contributed by atoms with van der Waals surface area (Å²) in [5.41, 5.74) is 1.12. The normalized spacial score (nSPS) is 10.8. The minimum absolute atomic E-state index is 0.148. The van der Waals surface area contributed by atoms with Crippen molar-refractivity contribution >= 4 is 46.3 Å². The van der Waals surface area contributed by atoms with Crippen molar-refractivity contribution in [3.05, 3.63) is 44.3 Å². The molecule has 6 heteroatoms. The van der Waals surface area contributed by atoms with Gasteiger partial charge in [-0.15, -0.1) is 22.7 Å². The fraction of sp³-hybridized carbons (Fsp3) is 0.0769. The Balaban J connectivity index is 2.11. The van der Waals surface area contributed by atoms with Crippen LogP contribution in [-0.2, 0) is 4.79 Å². The first-order chi connectivity index (χ1) is 9.08. The molecule has 2 heterocycles. The predicted octanol–water partition coefficient (Wildman–Crippen LogP) is 3.47. The third kappa shape index (κ3) is 3.30. The number of carboxylic acids is 1. The lowest BCUT2D eigenvalue weighted by atomic mass is 10.2. The van der Waals surface area contributed by atoms with E-state index < -0.39 is 5.97 Å². The maximum absolute atomic E-state index is 11.8. The van der Waals surface area contributed by atoms with Gasteiger partial charge in [-0.25, -0.2) is 4.79 Å². The second-order valence-electron chi connectivity index (χ2n) is 3.77. The maximum atomic E-state index is 11.8. The fourth-order valence-corrected chi connectivity index (χ4v) is 2.93. The number of amides is 1. The van der Waals surface area contributed by atoms with Crippen LogP contribution in [0, 0.1) is 6.92 Å². The highest BCUT2D eigenvalue weighted by molar-refractivity contribution is 7.12. The lowest BCUT2D eigenvalue weighted by Crippen LogP contribution is -2.11. The van der Waals surface area contributed by atoms with Crippen molar-refractivity contribution in [3.8, 4) is 0 Å². The summed E-state index contributed by atoms with van der Waals surface area (Å²) >= 11 is 2.63. The third-order valence-corrected chi connectivity index (χ3v) is 4.28. The zero-order valence-electron chi connectivity index (χ0n) is 10.0. The summed E-state index contributed by atoms with van der Waals surface area (Å²) in [6, 6.07) is 3.79. The fourth-order valence-electron chi connectivity index (χ4n) is 1.47. The van der Waals surface area contributed by atoms with Crippen LogP contribution in [-0.4, -0.2) is 17.0 Å². The summed E-state index contributed by atoms with van der Waals surface area (Å²) < 4.78 is 0. The zero-order chi connectivity index (χ0) is 13.8. The summed E-state index contributed by atoms with van der Waals surface area (Å²) in [6.07, 6.45) is 3.09. The molecule has 4 nitrogen and oxygen atoms in total. The molecule has 0 unspecified atom stereocenters. The van der Waals surface area contributed by atoms with Crippen molar-refractivity contribution in [1.82, 2.24) is 0 Å². The van der Waals surface area contributed by atoms with Gasteiger partial charge in [-0.2, -0.15) is 0 Å². The number of hydrogen-bond acceptors (Lipinski definition) is 4. The second-order valence-corrected chi connectivity index (χ2v) is 5.62. The van der Waals surface area contributed by atoms with Gasteiger partial charge in [0.1, 0.15) is 4.88 Å². The van der Waals surface area contributed by atoms with Gasteiger partial charge in [-0.3, -0.25) is 4.79 Å². The van der Waals surface area contributed by atoms with Crippen molar-refractivity contribution < 1.29 is 14.7 Å². The van der Waals surface area contributed by atoms with Crippen LogP contribution in [0.15, 0.2) is 29.0 Å². The van der Waals surface area contributed by atoms with Crippen LogP contribution in [0.5, 0.6) is 0 Å². The van der Waals surface area contributed by atoms with E-state index in [1.807, 2.05) is 17.5 Å². The molecule has 0 saturated heterocycles. The molecule has 0 aromatic carbocycles. The highest BCUT2D eigenvalue weighted by Crippen LogP contribution is 2.27. The molecule has 98 valence electrons. The van der Waals surface area contributed by atoms with E-state index in [1.165, 1.54) is 17.4 Å². The number of aryl methyl sites for hydroxylation is 1. The molecule has 2 N–H and O–H groups in total. The van der Waals surface area contributed by atoms with Crippen molar-refractivity contribution in [2.45, 2.75) is 6.92 Å². The number of anilines is 1. The molecule has 0 radical (unpaired) electrons. The smallest absolute Gasteiger partial charge is 0.348 e. The quantitative estimate of drug-likeness (QED) is 0.848. The first kappa shape index (κ1) is 13.5. The van der Waals surface area contributed by atoms with Gasteiger partial charge in [0.05, 0.1) is 5.69 Å². The highest BCUT2D eigenvalue weighted by atomic mass is 32.1. The number of nitrogens with one attached hydrogen (secondary N) is 1. The summed E-state index contributed by atoms with van der Waals surface area (Å²) in [6.45, 7) is 1.77. The molecule has 2 aromatic heterocycles. The van der Waals surface area contributed by atoms with Crippen LogP contribution in [0.1, 0.15) is 20.1 Å². The van der Waals surface area contributed by atoms with Gasteiger partial charge in [-0.1, -0.05) is 6.07 Å². The summed E-state index contributed by atoms with van der Waals surface area (Å²) in [5, 5.41) is 15.3. The number of carboxylic acid groups (broad SMARTS) is 1. The first-order valence-electron chi connectivity index (χ1n) is 5.42. The maximum Gasteiger partial charge on any atom is 0.348 e. The summed E-state index contributed by atoms with van der Waals surface area (Å²) in [4.78, 5) is 23.9. The van der Waals surface area contributed by atoms with E-state index in [0.717, 1.165) is 21.8 Å². The number of hydrogen-bond donors (Lipinski definition) is 2. The Morgan fingerprint density at radius 1 is 1.37 bits per heavy atom. The van der Waals surface area contributed by atoms with E-state index in [4.69, 9.17) is 5.11 Å². The van der Waals surface area contributed by atoms with Gasteiger partial charge in [0, 0.05) is 11.0 Å². The van der Waals surface area contributed by atoms with Crippen LogP contribution in [0.3, 0.4) is 0 Å². The predicted molar refractivity (Wildman–Crippen MR) is 78.0 cm³/mol. The number of carbonyl (C=O) groups is 2. The number of carbonyl (C=O) groups excluding carboxylic acids is 1. The van der Waals surface area contributed by atoms with Gasteiger partial charge in [0.15, 0.2) is 0 Å². The Morgan fingerprint density at radius 3 is 2.79 bits per heavy atom. The van der Waals surface area contributed by atoms with Gasteiger partial charge < -0.3 is 10.4 Å². The molecule has 0 atom stereocenters. The lowest BCUT2D eigenvalue weighted by molar-refractivity contribution is -0.111. The molecule has 0 aliphatic rings. The van der Waals surface area contributed by atoms with Crippen molar-refractivity contribution in [3.63, 3.8) is 0 Å². The van der Waals surface area contributed by atoms with Gasteiger partial charge in [0.25, 0.3) is 0 Å². The minimum Gasteiger partial charge on any atom is -0.477 e. The number of thiophene rings is 2. The average Bonchev–Trinajstić information content (AvgIpc) is 2.98. The Kier molecular flexibility index (Phi) is 4.13. The third-order valence-electron chi connectivity index (χ3n) is 2.36. The zero-order valence-corrected chi connectivity index (χ0v) is 11.7. The highest BCUT2D eigenvalue weighted by Gasteiger charge is 2.16. The topological polar surface area (TPSA) is 66.4 Å². The number of rotatable bonds is 4. The van der Waals surface area contributed by atoms with E-state index in [1.54, 1.807) is 18.4 Å². The van der Waals surface area contributed by atoms with Crippen molar-refractivity contribution in [2.24, 2.45) is 0 Å². The number of aromatic carboxylic acids is 1. The molecule has 1 amide bonds. The van der Waals surface area contributed by atoms with Gasteiger partial charge in [0.2, 0.25) is 5.91 Å². The van der Waals surface area contributed by atoms with Gasteiger partial charge >= 0.3 is 5.97 Å². The molecule has 2 aromatic rings. The molecule has 0 bridgehead atoms. The van der Waals surface area contributed by atoms with Crippen LogP contribution in [0.2, 0.25) is 0 Å². The minimum atomic E-state index is -1.03. The van der Waals surface area contributed by atoms with E-state index in [0.29, 0.717) is 5.69 Å². The SMILES string of the molecule is Cc1csc(C(=O)O)c1NC(=O)/C=C/c1cccs1. The largest absolute Gasteiger partial charge is 0.477 e. The van der Waals surface area contributed by atoms with E-state index in [9.17, 15) is 9.59 Å². The molecular weight excluding hydrogens is 282 g/mol. The second kappa shape index (κ2) is 5.81. The molecule has 0 aliphatic heterocycles. The molecule has 0 fully saturated rings. The Hall–Kier alpha value is -1.92. The Labute approximate surface area is 118 Å². The summed E-state index contributed by atoms with van der Waals surface area (Å²) in [5.74, 6) is -1.37. The standard InChI is InChI=1S/C13H11NO3S2/c1-8-7-19-12(13(16)17)11(8)14-10(15)5-4-9-3-2-6-18-9/h2-7H,1H3,(H,14,15)(H,16,17)/b5-4+. The van der Waals surface area contributed by atoms with E-state index >= 15 is 0 Å². The average molecular weight is 293 g/mol. The van der Waals surface area contributed by atoms with Crippen LogP contribution >= 0.6 is 22.7 Å². The summed E-state index contributed by atoms with van der Waals surface area (Å²) in [7, 11) is 0. The van der Waals surface area contributed by atoms with Gasteiger partial charge in [-0.05, 0) is 35.4 Å². The van der Waals surface area contributed by atoms with Crippen molar-refractivity contribution in [1.29, 1.82) is 0 Å².